The third-order valence-corrected chi connectivity index (χ3v) is 7.95. The van der Waals surface area contributed by atoms with E-state index in [1.807, 2.05) is 61.5 Å². The number of anilines is 1. The van der Waals surface area contributed by atoms with Gasteiger partial charge in [0, 0.05) is 37.5 Å². The number of ether oxygens (including phenoxy) is 1. The summed E-state index contributed by atoms with van der Waals surface area (Å²) in [6, 6.07) is 15.1. The summed E-state index contributed by atoms with van der Waals surface area (Å²) in [5, 5.41) is 0.581. The van der Waals surface area contributed by atoms with E-state index in [-0.39, 0.29) is 5.43 Å². The first-order valence-corrected chi connectivity index (χ1v) is 15.3. The highest BCUT2D eigenvalue weighted by Crippen LogP contribution is 2.26. The molecule has 1 fully saturated rings. The third kappa shape index (κ3) is 9.42. The van der Waals surface area contributed by atoms with Gasteiger partial charge < -0.3 is 19.0 Å². The molecule has 0 aliphatic carbocycles. The summed E-state index contributed by atoms with van der Waals surface area (Å²) >= 11 is 0. The Morgan fingerprint density at radius 3 is 2.08 bits per heavy atom. The first-order valence-electron chi connectivity index (χ1n) is 15.3. The molecule has 0 N–H and O–H groups in total. The van der Waals surface area contributed by atoms with E-state index in [9.17, 15) is 4.79 Å². The van der Waals surface area contributed by atoms with Crippen molar-refractivity contribution < 1.29 is 9.15 Å². The van der Waals surface area contributed by atoms with Crippen molar-refractivity contribution in [1.29, 1.82) is 0 Å². The summed E-state index contributed by atoms with van der Waals surface area (Å²) in [4.78, 5) is 17.4. The maximum atomic E-state index is 12.7. The number of rotatable bonds is 16. The zero-order valence-corrected chi connectivity index (χ0v) is 24.3. The molecule has 0 unspecified atom stereocenters. The molecular weight excluding hydrogens is 484 g/mol. The molecule has 1 aromatic heterocycles. The molecule has 0 saturated carbocycles. The summed E-state index contributed by atoms with van der Waals surface area (Å²) in [5.41, 5.74) is 2.52. The van der Waals surface area contributed by atoms with Crippen molar-refractivity contribution in [2.75, 3.05) is 45.2 Å². The first kappa shape index (κ1) is 29.2. The number of benzene rings is 2. The monoisotopic (exact) mass is 532 g/mol. The third-order valence-electron chi connectivity index (χ3n) is 7.95. The molecular formula is C34H48N2O3. The molecule has 2 heterocycles. The van der Waals surface area contributed by atoms with Gasteiger partial charge in [0.1, 0.15) is 17.1 Å². The van der Waals surface area contributed by atoms with Crippen molar-refractivity contribution in [1.82, 2.24) is 4.90 Å². The van der Waals surface area contributed by atoms with Gasteiger partial charge in [0.05, 0.1) is 12.0 Å². The van der Waals surface area contributed by atoms with Crippen LogP contribution in [-0.4, -0.2) is 45.2 Å². The summed E-state index contributed by atoms with van der Waals surface area (Å²) in [6.07, 6.45) is 17.4. The Morgan fingerprint density at radius 2 is 1.41 bits per heavy atom. The summed E-state index contributed by atoms with van der Waals surface area (Å²) in [5.74, 6) is 1.33. The Kier molecular flexibility index (Phi) is 11.8. The molecule has 0 amide bonds. The van der Waals surface area contributed by atoms with Crippen LogP contribution in [0.5, 0.6) is 5.75 Å². The smallest absolute Gasteiger partial charge is 0.193 e. The predicted molar refractivity (Wildman–Crippen MR) is 164 cm³/mol. The molecule has 0 radical (unpaired) electrons. The van der Waals surface area contributed by atoms with Crippen LogP contribution >= 0.6 is 0 Å². The number of hydrogen-bond acceptors (Lipinski definition) is 5. The van der Waals surface area contributed by atoms with Crippen molar-refractivity contribution in [3.63, 3.8) is 0 Å². The lowest BCUT2D eigenvalue weighted by Gasteiger charge is -2.26. The van der Waals surface area contributed by atoms with Crippen LogP contribution in [0.2, 0.25) is 0 Å². The van der Waals surface area contributed by atoms with Crippen LogP contribution in [-0.2, 0) is 0 Å². The quantitative estimate of drug-likeness (QED) is 0.174. The zero-order chi connectivity index (χ0) is 27.3. The molecule has 1 aliphatic rings. The SMILES string of the molecule is CN(C)c1ccc(-c2cc(=O)c3ccc(OCCCCCCCCCCCCN4CCCCC4)cc3o2)cc1. The fourth-order valence-electron chi connectivity index (χ4n) is 5.52. The lowest BCUT2D eigenvalue weighted by Crippen LogP contribution is -2.30. The molecule has 4 rings (SSSR count). The molecule has 39 heavy (non-hydrogen) atoms. The minimum atomic E-state index is -0.0352. The number of nitrogens with zero attached hydrogens (tertiary/aromatic N) is 2. The number of piperidine rings is 1. The minimum Gasteiger partial charge on any atom is -0.493 e. The topological polar surface area (TPSA) is 45.9 Å². The molecule has 0 bridgehead atoms. The van der Waals surface area contributed by atoms with Gasteiger partial charge in [0.2, 0.25) is 0 Å². The molecule has 3 aromatic rings. The van der Waals surface area contributed by atoms with Crippen molar-refractivity contribution in [2.45, 2.75) is 83.5 Å². The minimum absolute atomic E-state index is 0.0352. The zero-order valence-electron chi connectivity index (χ0n) is 24.3. The Labute approximate surface area is 235 Å². The van der Waals surface area contributed by atoms with Crippen LogP contribution in [0, 0.1) is 0 Å². The maximum absolute atomic E-state index is 12.7. The lowest BCUT2D eigenvalue weighted by atomic mass is 10.1. The van der Waals surface area contributed by atoms with Crippen LogP contribution in [0.4, 0.5) is 5.69 Å². The second-order valence-corrected chi connectivity index (χ2v) is 11.4. The van der Waals surface area contributed by atoms with Crippen molar-refractivity contribution >= 4 is 16.7 Å². The largest absolute Gasteiger partial charge is 0.493 e. The summed E-state index contributed by atoms with van der Waals surface area (Å²) in [6.45, 7) is 4.68. The Morgan fingerprint density at radius 1 is 0.769 bits per heavy atom. The normalized spacial score (nSPS) is 14.1. The first-order chi connectivity index (χ1) is 19.1. The van der Waals surface area contributed by atoms with E-state index in [4.69, 9.17) is 9.15 Å². The highest BCUT2D eigenvalue weighted by atomic mass is 16.5. The van der Waals surface area contributed by atoms with Gasteiger partial charge in [0.15, 0.2) is 5.43 Å². The standard InChI is InChI=1S/C34H48N2O3/c1-35(2)29-18-16-28(17-19-29)33-27-32(37)31-21-20-30(26-34(31)39-33)38-25-15-10-8-6-4-3-5-7-9-12-22-36-23-13-11-14-24-36/h16-21,26-27H,3-15,22-25H2,1-2H3. The van der Waals surface area contributed by atoms with Gasteiger partial charge in [-0.05, 0) is 81.7 Å². The van der Waals surface area contributed by atoms with E-state index < -0.39 is 0 Å². The average molecular weight is 533 g/mol. The number of likely N-dealkylation sites (tertiary alicyclic amines) is 1. The van der Waals surface area contributed by atoms with Gasteiger partial charge in [-0.25, -0.2) is 0 Å². The molecule has 0 atom stereocenters. The fraction of sp³-hybridized carbons (Fsp3) is 0.559. The van der Waals surface area contributed by atoms with Crippen LogP contribution in [0.3, 0.4) is 0 Å². The van der Waals surface area contributed by atoms with E-state index in [2.05, 4.69) is 4.90 Å². The van der Waals surface area contributed by atoms with Crippen molar-refractivity contribution in [3.05, 3.63) is 58.8 Å². The van der Waals surface area contributed by atoms with Crippen LogP contribution < -0.4 is 15.1 Å². The fourth-order valence-corrected chi connectivity index (χ4v) is 5.52. The molecule has 5 nitrogen and oxygen atoms in total. The lowest BCUT2D eigenvalue weighted by molar-refractivity contribution is 0.224. The van der Waals surface area contributed by atoms with Gasteiger partial charge in [-0.2, -0.15) is 0 Å². The maximum Gasteiger partial charge on any atom is 0.193 e. The molecule has 212 valence electrons. The van der Waals surface area contributed by atoms with E-state index in [1.54, 1.807) is 6.07 Å². The van der Waals surface area contributed by atoms with Gasteiger partial charge in [-0.3, -0.25) is 4.79 Å². The van der Waals surface area contributed by atoms with Gasteiger partial charge in [-0.15, -0.1) is 0 Å². The number of fused-ring (bicyclic) bond motifs is 1. The summed E-state index contributed by atoms with van der Waals surface area (Å²) in [7, 11) is 4.01. The van der Waals surface area contributed by atoms with E-state index in [0.29, 0.717) is 23.3 Å². The van der Waals surface area contributed by atoms with Gasteiger partial charge in [0.25, 0.3) is 0 Å². The van der Waals surface area contributed by atoms with E-state index in [0.717, 1.165) is 23.4 Å². The predicted octanol–water partition coefficient (Wildman–Crippen LogP) is 8.29. The Bertz CT molecular complexity index is 1180. The van der Waals surface area contributed by atoms with Crippen LogP contribution in [0.25, 0.3) is 22.3 Å². The molecule has 2 aromatic carbocycles. The van der Waals surface area contributed by atoms with Gasteiger partial charge >= 0.3 is 0 Å². The molecule has 5 heteroatoms. The Balaban J connectivity index is 1.10. The number of hydrogen-bond donors (Lipinski definition) is 0. The molecule has 0 spiro atoms. The van der Waals surface area contributed by atoms with Crippen molar-refractivity contribution in [2.24, 2.45) is 0 Å². The molecule has 1 aliphatic heterocycles. The molecule has 1 saturated heterocycles. The average Bonchev–Trinajstić information content (AvgIpc) is 2.96. The van der Waals surface area contributed by atoms with E-state index in [1.165, 1.54) is 96.7 Å². The number of unbranched alkanes of at least 4 members (excludes halogenated alkanes) is 9. The second-order valence-electron chi connectivity index (χ2n) is 11.4. The van der Waals surface area contributed by atoms with Gasteiger partial charge in [-0.1, -0.05) is 57.8 Å². The highest BCUT2D eigenvalue weighted by Gasteiger charge is 2.10. The Hall–Kier alpha value is -2.79. The second kappa shape index (κ2) is 15.7. The summed E-state index contributed by atoms with van der Waals surface area (Å²) < 4.78 is 12.1. The van der Waals surface area contributed by atoms with Crippen molar-refractivity contribution in [3.8, 4) is 17.1 Å². The van der Waals surface area contributed by atoms with E-state index >= 15 is 0 Å². The van der Waals surface area contributed by atoms with Crippen LogP contribution in [0.15, 0.2) is 57.7 Å². The van der Waals surface area contributed by atoms with Crippen LogP contribution in [0.1, 0.15) is 83.5 Å². The highest BCUT2D eigenvalue weighted by molar-refractivity contribution is 5.80.